The number of carbonyl (C=O) groups is 3. The molecule has 2 aromatic carbocycles. The Balaban J connectivity index is 1.45. The predicted molar refractivity (Wildman–Crippen MR) is 115 cm³/mol. The Kier molecular flexibility index (Phi) is 5.43. The van der Waals surface area contributed by atoms with Crippen molar-refractivity contribution in [3.63, 3.8) is 0 Å². The number of nitrogens with zero attached hydrogens (tertiary/aromatic N) is 1. The molecule has 0 saturated carbocycles. The van der Waals surface area contributed by atoms with Crippen LogP contribution in [-0.2, 0) is 14.3 Å². The summed E-state index contributed by atoms with van der Waals surface area (Å²) in [6.45, 7) is 3.60. The number of nitrogens with one attached hydrogen (secondary N) is 1. The second kappa shape index (κ2) is 8.06. The van der Waals surface area contributed by atoms with E-state index in [9.17, 15) is 19.5 Å². The lowest BCUT2D eigenvalue weighted by atomic mass is 9.89. The quantitative estimate of drug-likeness (QED) is 0.770. The van der Waals surface area contributed by atoms with E-state index in [4.69, 9.17) is 4.74 Å². The van der Waals surface area contributed by atoms with Gasteiger partial charge in [-0.25, -0.2) is 9.59 Å². The molecule has 1 heterocycles. The Labute approximate surface area is 181 Å². The van der Waals surface area contributed by atoms with Crippen molar-refractivity contribution < 1.29 is 24.2 Å². The molecule has 1 fully saturated rings. The van der Waals surface area contributed by atoms with Crippen LogP contribution in [0.25, 0.3) is 11.1 Å². The summed E-state index contributed by atoms with van der Waals surface area (Å²) in [4.78, 5) is 38.2. The molecule has 0 spiro atoms. The number of carbonyl (C=O) groups excluding carboxylic acids is 2. The number of benzene rings is 2. The molecule has 7 nitrogen and oxygen atoms in total. The van der Waals surface area contributed by atoms with Gasteiger partial charge in [-0.15, -0.1) is 0 Å². The molecular weight excluding hydrogens is 396 g/mol. The largest absolute Gasteiger partial charge is 0.480 e. The third-order valence-corrected chi connectivity index (χ3v) is 6.36. The molecule has 4 rings (SSSR count). The van der Waals surface area contributed by atoms with Gasteiger partial charge in [0.25, 0.3) is 0 Å². The van der Waals surface area contributed by atoms with E-state index in [-0.39, 0.29) is 12.5 Å². The summed E-state index contributed by atoms with van der Waals surface area (Å²) in [5.74, 6) is -1.54. The van der Waals surface area contributed by atoms with E-state index >= 15 is 0 Å². The average Bonchev–Trinajstić information content (AvgIpc) is 3.07. The van der Waals surface area contributed by atoms with E-state index in [0.717, 1.165) is 22.3 Å². The van der Waals surface area contributed by atoms with Gasteiger partial charge in [0.05, 0.1) is 0 Å². The van der Waals surface area contributed by atoms with Gasteiger partial charge >= 0.3 is 12.1 Å². The molecule has 7 heteroatoms. The zero-order valence-electron chi connectivity index (χ0n) is 17.6. The van der Waals surface area contributed by atoms with Gasteiger partial charge in [-0.3, -0.25) is 4.79 Å². The summed E-state index contributed by atoms with van der Waals surface area (Å²) in [5, 5.41) is 12.0. The topological polar surface area (TPSA) is 95.9 Å². The molecular formula is C24H26N2O5. The van der Waals surface area contributed by atoms with Gasteiger partial charge in [0.2, 0.25) is 5.91 Å². The first kappa shape index (κ1) is 20.9. The second-order valence-corrected chi connectivity index (χ2v) is 8.40. The summed E-state index contributed by atoms with van der Waals surface area (Å²) in [7, 11) is 0. The van der Waals surface area contributed by atoms with E-state index in [2.05, 4.69) is 17.4 Å². The van der Waals surface area contributed by atoms with Crippen LogP contribution in [0.4, 0.5) is 4.79 Å². The van der Waals surface area contributed by atoms with Crippen LogP contribution in [0.1, 0.15) is 43.7 Å². The molecule has 2 atom stereocenters. The number of likely N-dealkylation sites (tertiary alicyclic amines) is 1. The molecule has 0 aromatic heterocycles. The van der Waals surface area contributed by atoms with Crippen LogP contribution in [0.3, 0.4) is 0 Å². The van der Waals surface area contributed by atoms with Crippen LogP contribution in [0.2, 0.25) is 0 Å². The van der Waals surface area contributed by atoms with Crippen molar-refractivity contribution >= 4 is 18.0 Å². The van der Waals surface area contributed by atoms with E-state index in [1.54, 1.807) is 6.92 Å². The number of rotatable bonds is 5. The Morgan fingerprint density at radius 2 is 1.74 bits per heavy atom. The Bertz CT molecular complexity index is 991. The average molecular weight is 422 g/mol. The highest BCUT2D eigenvalue weighted by Gasteiger charge is 2.44. The van der Waals surface area contributed by atoms with Gasteiger partial charge in [0.1, 0.15) is 18.2 Å². The van der Waals surface area contributed by atoms with E-state index in [1.165, 1.54) is 11.8 Å². The highest BCUT2D eigenvalue weighted by atomic mass is 16.5. The number of carboxylic acid groups (broad SMARTS) is 1. The first-order chi connectivity index (χ1) is 14.8. The molecule has 2 N–H and O–H groups in total. The molecule has 1 aliphatic carbocycles. The first-order valence-electron chi connectivity index (χ1n) is 10.5. The number of carboxylic acids is 1. The van der Waals surface area contributed by atoms with Gasteiger partial charge in [-0.1, -0.05) is 48.5 Å². The Morgan fingerprint density at radius 3 is 2.32 bits per heavy atom. The first-order valence-corrected chi connectivity index (χ1v) is 10.5. The molecule has 1 aliphatic heterocycles. The van der Waals surface area contributed by atoms with Gasteiger partial charge in [0, 0.05) is 12.5 Å². The van der Waals surface area contributed by atoms with Crippen LogP contribution in [0.15, 0.2) is 48.5 Å². The summed E-state index contributed by atoms with van der Waals surface area (Å²) in [5.41, 5.74) is 3.31. The van der Waals surface area contributed by atoms with Gasteiger partial charge in [-0.2, -0.15) is 0 Å². The fourth-order valence-electron chi connectivity index (χ4n) is 4.61. The standard InChI is InChI=1S/C24H26N2O5/c1-15(21(27)28)26-13-7-12-24(2,22(26)29)25-23(30)31-14-20-18-10-5-3-8-16(18)17-9-4-6-11-19(17)20/h3-6,8-11,15,20H,7,12-14H2,1-2H3,(H,25,30)(H,27,28)/t15-,24?/m0/s1. The minimum Gasteiger partial charge on any atom is -0.480 e. The van der Waals surface area contributed by atoms with Crippen LogP contribution >= 0.6 is 0 Å². The summed E-state index contributed by atoms with van der Waals surface area (Å²) >= 11 is 0. The lowest BCUT2D eigenvalue weighted by Gasteiger charge is -2.41. The smallest absolute Gasteiger partial charge is 0.408 e. The van der Waals surface area contributed by atoms with E-state index in [1.807, 2.05) is 36.4 Å². The van der Waals surface area contributed by atoms with Crippen molar-refractivity contribution in [3.8, 4) is 11.1 Å². The normalized spacial score (nSPS) is 21.2. The SMILES string of the molecule is C[C@@H](C(=O)O)N1CCCC(C)(NC(=O)OCC2c3ccccc3-c3ccccc32)C1=O. The molecule has 2 amide bonds. The molecule has 1 saturated heterocycles. The van der Waals surface area contributed by atoms with Crippen molar-refractivity contribution in [2.24, 2.45) is 0 Å². The maximum Gasteiger partial charge on any atom is 0.408 e. The number of hydrogen-bond donors (Lipinski definition) is 2. The molecule has 2 aromatic rings. The maximum absolute atomic E-state index is 12.9. The number of alkyl carbamates (subject to hydrolysis) is 1. The third kappa shape index (κ3) is 3.76. The number of piperidine rings is 1. The molecule has 31 heavy (non-hydrogen) atoms. The number of fused-ring (bicyclic) bond motifs is 3. The number of ether oxygens (including phenoxy) is 1. The van der Waals surface area contributed by atoms with Crippen LogP contribution in [-0.4, -0.2) is 52.7 Å². The lowest BCUT2D eigenvalue weighted by molar-refractivity contribution is -0.154. The van der Waals surface area contributed by atoms with Crippen molar-refractivity contribution in [2.45, 2.75) is 44.2 Å². The molecule has 2 aliphatic rings. The summed E-state index contributed by atoms with van der Waals surface area (Å²) < 4.78 is 5.56. The zero-order valence-corrected chi connectivity index (χ0v) is 17.6. The van der Waals surface area contributed by atoms with Crippen LogP contribution < -0.4 is 5.32 Å². The molecule has 0 bridgehead atoms. The molecule has 1 unspecified atom stereocenters. The van der Waals surface area contributed by atoms with Crippen molar-refractivity contribution in [1.82, 2.24) is 10.2 Å². The summed E-state index contributed by atoms with van der Waals surface area (Å²) in [6, 6.07) is 15.2. The van der Waals surface area contributed by atoms with Gasteiger partial charge < -0.3 is 20.1 Å². The number of aliphatic carboxylic acids is 1. The number of amides is 2. The molecule has 0 radical (unpaired) electrons. The van der Waals surface area contributed by atoms with Crippen LogP contribution in [0.5, 0.6) is 0 Å². The van der Waals surface area contributed by atoms with E-state index in [0.29, 0.717) is 19.4 Å². The van der Waals surface area contributed by atoms with Crippen molar-refractivity contribution in [1.29, 1.82) is 0 Å². The van der Waals surface area contributed by atoms with Crippen molar-refractivity contribution in [3.05, 3.63) is 59.7 Å². The Morgan fingerprint density at radius 1 is 1.16 bits per heavy atom. The minimum absolute atomic E-state index is 0.0726. The predicted octanol–water partition coefficient (Wildman–Crippen LogP) is 3.38. The minimum atomic E-state index is -1.19. The highest BCUT2D eigenvalue weighted by molar-refractivity contribution is 5.93. The monoisotopic (exact) mass is 422 g/mol. The zero-order chi connectivity index (χ0) is 22.2. The molecule has 162 valence electrons. The van der Waals surface area contributed by atoms with E-state index < -0.39 is 29.6 Å². The van der Waals surface area contributed by atoms with Gasteiger partial charge in [0.15, 0.2) is 0 Å². The Hall–Kier alpha value is -3.35. The fraction of sp³-hybridized carbons (Fsp3) is 0.375. The lowest BCUT2D eigenvalue weighted by Crippen LogP contribution is -2.63. The third-order valence-electron chi connectivity index (χ3n) is 6.36. The fourth-order valence-corrected chi connectivity index (χ4v) is 4.61. The highest BCUT2D eigenvalue weighted by Crippen LogP contribution is 2.44. The number of hydrogen-bond acceptors (Lipinski definition) is 4. The summed E-state index contributed by atoms with van der Waals surface area (Å²) in [6.07, 6.45) is 0.352. The van der Waals surface area contributed by atoms with Crippen LogP contribution in [0, 0.1) is 0 Å². The second-order valence-electron chi connectivity index (χ2n) is 8.40. The van der Waals surface area contributed by atoms with Crippen molar-refractivity contribution in [2.75, 3.05) is 13.2 Å². The van der Waals surface area contributed by atoms with Gasteiger partial charge in [-0.05, 0) is 48.9 Å². The maximum atomic E-state index is 12.9.